The zero-order valence-corrected chi connectivity index (χ0v) is 11.5. The van der Waals surface area contributed by atoms with Crippen molar-refractivity contribution in [3.63, 3.8) is 0 Å². The lowest BCUT2D eigenvalue weighted by molar-refractivity contribution is 0.508. The number of hydrogen-bond acceptors (Lipinski definition) is 2. The molecule has 2 saturated carbocycles. The van der Waals surface area contributed by atoms with Crippen LogP contribution in [0, 0.1) is 5.92 Å². The van der Waals surface area contributed by atoms with E-state index in [1.807, 2.05) is 0 Å². The van der Waals surface area contributed by atoms with E-state index in [1.165, 1.54) is 63.5 Å². The van der Waals surface area contributed by atoms with E-state index in [1.54, 1.807) is 0 Å². The molecule has 2 unspecified atom stereocenters. The van der Waals surface area contributed by atoms with E-state index in [0.717, 1.165) is 17.2 Å². The van der Waals surface area contributed by atoms with Crippen LogP contribution in [0.5, 0.6) is 0 Å². The van der Waals surface area contributed by atoms with Gasteiger partial charge in [0.15, 0.2) is 0 Å². The van der Waals surface area contributed by atoms with Crippen molar-refractivity contribution in [2.75, 3.05) is 12.8 Å². The van der Waals surface area contributed by atoms with Crippen LogP contribution < -0.4 is 5.32 Å². The highest BCUT2D eigenvalue weighted by atomic mass is 32.2. The molecular weight excluding hydrogens is 214 g/mol. The molecule has 0 amide bonds. The summed E-state index contributed by atoms with van der Waals surface area (Å²) in [5, 5.41) is 4.44. The smallest absolute Gasteiger partial charge is 0.0201 e. The molecule has 2 aliphatic carbocycles. The third-order valence-electron chi connectivity index (χ3n) is 4.34. The van der Waals surface area contributed by atoms with Crippen LogP contribution in [-0.2, 0) is 0 Å². The lowest BCUT2D eigenvalue weighted by atomic mass is 10.1. The number of hydrogen-bond donors (Lipinski definition) is 1. The molecule has 16 heavy (non-hydrogen) atoms. The van der Waals surface area contributed by atoms with Gasteiger partial charge in [-0.1, -0.05) is 32.1 Å². The summed E-state index contributed by atoms with van der Waals surface area (Å²) in [5.74, 6) is 2.48. The molecule has 0 bridgehead atoms. The predicted octanol–water partition coefficient (Wildman–Crippen LogP) is 3.83. The summed E-state index contributed by atoms with van der Waals surface area (Å²) in [6.07, 6.45) is 13.2. The second-order valence-electron chi connectivity index (χ2n) is 5.56. The summed E-state index contributed by atoms with van der Waals surface area (Å²) in [4.78, 5) is 0. The minimum Gasteiger partial charge on any atom is -0.316 e. The quantitative estimate of drug-likeness (QED) is 0.751. The van der Waals surface area contributed by atoms with Gasteiger partial charge in [0.1, 0.15) is 0 Å². The van der Waals surface area contributed by atoms with Crippen LogP contribution in [0.25, 0.3) is 0 Å². The summed E-state index contributed by atoms with van der Waals surface area (Å²) < 4.78 is 0. The highest BCUT2D eigenvalue weighted by Gasteiger charge is 2.24. The first kappa shape index (κ1) is 12.8. The van der Waals surface area contributed by atoms with E-state index in [-0.39, 0.29) is 0 Å². The molecule has 0 saturated heterocycles. The Bertz CT molecular complexity index is 189. The number of thioether (sulfide) groups is 1. The van der Waals surface area contributed by atoms with E-state index in [4.69, 9.17) is 0 Å². The van der Waals surface area contributed by atoms with Gasteiger partial charge in [-0.25, -0.2) is 0 Å². The Morgan fingerprint density at radius 1 is 0.938 bits per heavy atom. The molecule has 0 radical (unpaired) electrons. The van der Waals surface area contributed by atoms with E-state index >= 15 is 0 Å². The third kappa shape index (κ3) is 3.66. The maximum absolute atomic E-state index is 3.55. The largest absolute Gasteiger partial charge is 0.316 e. The van der Waals surface area contributed by atoms with Crippen molar-refractivity contribution in [1.29, 1.82) is 0 Å². The first-order valence-electron chi connectivity index (χ1n) is 7.19. The summed E-state index contributed by atoms with van der Waals surface area (Å²) in [7, 11) is 2.15. The van der Waals surface area contributed by atoms with E-state index in [9.17, 15) is 0 Å². The monoisotopic (exact) mass is 241 g/mol. The van der Waals surface area contributed by atoms with E-state index < -0.39 is 0 Å². The first-order valence-corrected chi connectivity index (χ1v) is 8.24. The fourth-order valence-corrected chi connectivity index (χ4v) is 4.93. The van der Waals surface area contributed by atoms with Crippen molar-refractivity contribution < 1.29 is 0 Å². The standard InChI is InChI=1S/C14H27NS/c1-15-13-9-3-2-4-10-14(13)16-11-12-7-5-6-8-12/h12-15H,2-11H2,1H3. The molecule has 1 N–H and O–H groups in total. The minimum absolute atomic E-state index is 0.786. The molecule has 2 heteroatoms. The fourth-order valence-electron chi connectivity index (χ4n) is 3.24. The van der Waals surface area contributed by atoms with Gasteiger partial charge in [-0.2, -0.15) is 11.8 Å². The summed E-state index contributed by atoms with van der Waals surface area (Å²) in [6, 6.07) is 0.786. The van der Waals surface area contributed by atoms with Crippen molar-refractivity contribution >= 4 is 11.8 Å². The van der Waals surface area contributed by atoms with Crippen LogP contribution in [0.4, 0.5) is 0 Å². The second-order valence-corrected chi connectivity index (χ2v) is 6.83. The maximum Gasteiger partial charge on any atom is 0.0201 e. The van der Waals surface area contributed by atoms with Gasteiger partial charge in [-0.15, -0.1) is 0 Å². The van der Waals surface area contributed by atoms with Crippen molar-refractivity contribution in [3.8, 4) is 0 Å². The maximum atomic E-state index is 3.55. The van der Waals surface area contributed by atoms with Gasteiger partial charge in [0.05, 0.1) is 0 Å². The van der Waals surface area contributed by atoms with Crippen molar-refractivity contribution in [2.45, 2.75) is 69.1 Å². The van der Waals surface area contributed by atoms with Crippen molar-refractivity contribution in [1.82, 2.24) is 5.32 Å². The van der Waals surface area contributed by atoms with Crippen LogP contribution in [0.15, 0.2) is 0 Å². The molecule has 1 nitrogen and oxygen atoms in total. The van der Waals surface area contributed by atoms with Gasteiger partial charge in [-0.3, -0.25) is 0 Å². The highest BCUT2D eigenvalue weighted by molar-refractivity contribution is 7.99. The Kier molecular flexibility index (Phi) is 5.51. The lowest BCUT2D eigenvalue weighted by Gasteiger charge is -2.25. The molecule has 0 aromatic carbocycles. The lowest BCUT2D eigenvalue weighted by Crippen LogP contribution is -2.35. The topological polar surface area (TPSA) is 12.0 Å². The van der Waals surface area contributed by atoms with Gasteiger partial charge < -0.3 is 5.32 Å². The Labute approximate surface area is 105 Å². The second kappa shape index (κ2) is 6.90. The van der Waals surface area contributed by atoms with Gasteiger partial charge in [0, 0.05) is 11.3 Å². The average molecular weight is 241 g/mol. The van der Waals surface area contributed by atoms with Gasteiger partial charge >= 0.3 is 0 Å². The molecule has 94 valence electrons. The molecule has 0 aromatic heterocycles. The molecule has 0 spiro atoms. The molecule has 2 rings (SSSR count). The molecule has 0 aliphatic heterocycles. The molecule has 2 aliphatic rings. The Hall–Kier alpha value is 0.310. The van der Waals surface area contributed by atoms with E-state index in [2.05, 4.69) is 24.1 Å². The minimum atomic E-state index is 0.786. The molecule has 2 fully saturated rings. The predicted molar refractivity (Wildman–Crippen MR) is 74.1 cm³/mol. The Morgan fingerprint density at radius 3 is 2.38 bits per heavy atom. The zero-order chi connectivity index (χ0) is 11.2. The van der Waals surface area contributed by atoms with E-state index in [0.29, 0.717) is 0 Å². The molecule has 2 atom stereocenters. The highest BCUT2D eigenvalue weighted by Crippen LogP contribution is 2.33. The zero-order valence-electron chi connectivity index (χ0n) is 10.7. The van der Waals surface area contributed by atoms with Crippen LogP contribution in [0.3, 0.4) is 0 Å². The summed E-state index contributed by atoms with van der Waals surface area (Å²) >= 11 is 2.28. The number of rotatable bonds is 4. The third-order valence-corrected chi connectivity index (χ3v) is 6.00. The van der Waals surface area contributed by atoms with Crippen LogP contribution in [-0.4, -0.2) is 24.1 Å². The van der Waals surface area contributed by atoms with Gasteiger partial charge in [0.2, 0.25) is 0 Å². The van der Waals surface area contributed by atoms with Crippen molar-refractivity contribution in [3.05, 3.63) is 0 Å². The average Bonchev–Trinajstić information content (AvgIpc) is 2.71. The summed E-state index contributed by atoms with van der Waals surface area (Å²) in [5.41, 5.74) is 0. The van der Waals surface area contributed by atoms with Gasteiger partial charge in [-0.05, 0) is 44.4 Å². The Balaban J connectivity index is 1.75. The number of nitrogens with one attached hydrogen (secondary N) is 1. The molecular formula is C14H27NS. The van der Waals surface area contributed by atoms with Crippen molar-refractivity contribution in [2.24, 2.45) is 5.92 Å². The van der Waals surface area contributed by atoms with Crippen LogP contribution >= 0.6 is 11.8 Å². The molecule has 0 aromatic rings. The van der Waals surface area contributed by atoms with Gasteiger partial charge in [0.25, 0.3) is 0 Å². The Morgan fingerprint density at radius 2 is 1.62 bits per heavy atom. The summed E-state index contributed by atoms with van der Waals surface area (Å²) in [6.45, 7) is 0. The normalized spacial score (nSPS) is 32.8. The fraction of sp³-hybridized carbons (Fsp3) is 1.00. The first-order chi connectivity index (χ1) is 7.90. The van der Waals surface area contributed by atoms with Crippen LogP contribution in [0.1, 0.15) is 57.8 Å². The molecule has 0 heterocycles. The van der Waals surface area contributed by atoms with Crippen LogP contribution in [0.2, 0.25) is 0 Å². The SMILES string of the molecule is CNC1CCCCCC1SCC1CCCC1.